The number of benzene rings is 1. The number of rotatable bonds is 6. The highest BCUT2D eigenvalue weighted by molar-refractivity contribution is 5.85. The highest BCUT2D eigenvalue weighted by Gasteiger charge is 2.37. The lowest BCUT2D eigenvalue weighted by molar-refractivity contribution is 0.0174. The molecule has 1 aliphatic carbocycles. The fourth-order valence-electron chi connectivity index (χ4n) is 5.47. The third-order valence-electron chi connectivity index (χ3n) is 7.07. The van der Waals surface area contributed by atoms with Crippen LogP contribution in [0, 0.1) is 0 Å². The van der Waals surface area contributed by atoms with Crippen molar-refractivity contribution in [1.82, 2.24) is 19.8 Å². The molecule has 164 valence electrons. The molecule has 1 fully saturated rings. The first-order valence-electron chi connectivity index (χ1n) is 11.9. The molecule has 4 heterocycles. The Balaban J connectivity index is 1.32. The molecule has 0 bridgehead atoms. The van der Waals surface area contributed by atoms with Gasteiger partial charge in [-0.25, -0.2) is 4.98 Å². The molecule has 1 saturated heterocycles. The average Bonchev–Trinajstić information content (AvgIpc) is 3.10. The smallest absolute Gasteiger partial charge is 0.213 e. The lowest BCUT2D eigenvalue weighted by Crippen LogP contribution is -2.53. The van der Waals surface area contributed by atoms with Gasteiger partial charge < -0.3 is 14.6 Å². The van der Waals surface area contributed by atoms with Gasteiger partial charge in [-0.15, -0.1) is 5.73 Å². The molecule has 2 aromatic heterocycles. The number of fused-ring (bicyclic) bond motifs is 3. The summed E-state index contributed by atoms with van der Waals surface area (Å²) in [6.45, 7) is 7.71. The zero-order valence-electron chi connectivity index (χ0n) is 18.8. The molecule has 1 aromatic carbocycles. The van der Waals surface area contributed by atoms with Crippen molar-refractivity contribution < 1.29 is 4.74 Å². The third kappa shape index (κ3) is 3.24. The predicted molar refractivity (Wildman–Crippen MR) is 127 cm³/mol. The first-order valence-corrected chi connectivity index (χ1v) is 11.9. The number of hydrogen-bond donors (Lipinski definition) is 1. The average molecular weight is 427 g/mol. The highest BCUT2D eigenvalue weighted by atomic mass is 16.5. The van der Waals surface area contributed by atoms with E-state index in [0.717, 1.165) is 38.4 Å². The normalized spacial score (nSPS) is 22.9. The van der Waals surface area contributed by atoms with Crippen molar-refractivity contribution in [2.75, 3.05) is 19.6 Å². The van der Waals surface area contributed by atoms with Crippen molar-refractivity contribution in [2.24, 2.45) is 0 Å². The van der Waals surface area contributed by atoms with Crippen LogP contribution >= 0.6 is 0 Å². The number of aromatic amines is 1. The molecule has 0 amide bonds. The molecule has 5 heteroatoms. The summed E-state index contributed by atoms with van der Waals surface area (Å²) in [5.74, 6) is 0.727. The Hall–Kier alpha value is -3.01. The molecule has 0 saturated carbocycles. The quantitative estimate of drug-likeness (QED) is 0.574. The summed E-state index contributed by atoms with van der Waals surface area (Å²) in [4.78, 5) is 13.4. The third-order valence-corrected chi connectivity index (χ3v) is 7.07. The topological polar surface area (TPSA) is 44.4 Å². The largest absolute Gasteiger partial charge is 0.472 e. The highest BCUT2D eigenvalue weighted by Crippen LogP contribution is 2.43. The number of para-hydroxylation sites is 1. The number of nitrogens with one attached hydrogen (secondary N) is 1. The van der Waals surface area contributed by atoms with Gasteiger partial charge in [-0.3, -0.25) is 4.90 Å². The number of ether oxygens (including phenoxy) is 1. The molecule has 6 rings (SSSR count). The molecule has 1 N–H and O–H groups in total. The summed E-state index contributed by atoms with van der Waals surface area (Å²) in [6, 6.07) is 13.4. The maximum Gasteiger partial charge on any atom is 0.213 e. The lowest BCUT2D eigenvalue weighted by Gasteiger charge is -2.44. The fourth-order valence-corrected chi connectivity index (χ4v) is 5.47. The van der Waals surface area contributed by atoms with Crippen molar-refractivity contribution in [3.05, 3.63) is 76.9 Å². The van der Waals surface area contributed by atoms with Crippen LogP contribution in [0.3, 0.4) is 0 Å². The van der Waals surface area contributed by atoms with Crippen LogP contribution in [0.1, 0.15) is 49.6 Å². The summed E-state index contributed by atoms with van der Waals surface area (Å²) in [5.41, 5.74) is 9.85. The lowest BCUT2D eigenvalue weighted by atomic mass is 9.87. The standard InChI is InChI=1S/C27H30N4O/c1-3-13-30-16-21(17-30)32-25-12-11-19(15-28-25)27-26-23(22-9-4-5-10-24(22)29-26)14-18(2)31(27)20-7-6-8-20/h4-6,9-12,15,18,21,27,29H,3,7,13-14,16-17H2,1-2H3/t18-,27-/m1/s1. The van der Waals surface area contributed by atoms with Crippen LogP contribution in [-0.2, 0) is 6.42 Å². The van der Waals surface area contributed by atoms with E-state index >= 15 is 0 Å². The molecular formula is C27H30N4O. The second kappa shape index (κ2) is 7.84. The van der Waals surface area contributed by atoms with E-state index < -0.39 is 0 Å². The SMILES string of the molecule is CCCN1CC(Oc2ccc([C@@H]3c4[nH]c5ccccc5c4C[C@@H](C)N3C3=C=CC3)cn2)C1. The zero-order valence-corrected chi connectivity index (χ0v) is 18.8. The fraction of sp³-hybridized carbons (Fsp3) is 0.407. The van der Waals surface area contributed by atoms with E-state index in [-0.39, 0.29) is 12.1 Å². The van der Waals surface area contributed by atoms with Crippen molar-refractivity contribution in [1.29, 1.82) is 0 Å². The molecule has 0 spiro atoms. The molecule has 3 aromatic rings. The van der Waals surface area contributed by atoms with Gasteiger partial charge in [0.25, 0.3) is 0 Å². The van der Waals surface area contributed by atoms with Gasteiger partial charge >= 0.3 is 0 Å². The minimum absolute atomic E-state index is 0.114. The van der Waals surface area contributed by atoms with Gasteiger partial charge in [0, 0.05) is 54.4 Å². The first kappa shape index (κ1) is 19.7. The van der Waals surface area contributed by atoms with Gasteiger partial charge in [0.2, 0.25) is 5.88 Å². The van der Waals surface area contributed by atoms with Gasteiger partial charge in [-0.1, -0.05) is 25.1 Å². The minimum Gasteiger partial charge on any atom is -0.472 e. The molecule has 32 heavy (non-hydrogen) atoms. The Kier molecular flexibility index (Phi) is 4.82. The van der Waals surface area contributed by atoms with Crippen LogP contribution in [0.5, 0.6) is 5.88 Å². The Morgan fingerprint density at radius 1 is 1.19 bits per heavy atom. The van der Waals surface area contributed by atoms with E-state index in [1.54, 1.807) is 0 Å². The van der Waals surface area contributed by atoms with E-state index in [1.807, 2.05) is 12.3 Å². The van der Waals surface area contributed by atoms with Crippen LogP contribution < -0.4 is 4.74 Å². The van der Waals surface area contributed by atoms with Gasteiger partial charge in [0.1, 0.15) is 6.10 Å². The predicted octanol–water partition coefficient (Wildman–Crippen LogP) is 4.81. The van der Waals surface area contributed by atoms with Crippen LogP contribution in [0.25, 0.3) is 10.9 Å². The Bertz CT molecular complexity index is 1200. The monoisotopic (exact) mass is 426 g/mol. The Morgan fingerprint density at radius 2 is 2.03 bits per heavy atom. The Morgan fingerprint density at radius 3 is 2.75 bits per heavy atom. The summed E-state index contributed by atoms with van der Waals surface area (Å²) < 4.78 is 6.12. The van der Waals surface area contributed by atoms with E-state index in [0.29, 0.717) is 6.04 Å². The number of likely N-dealkylation sites (tertiary alicyclic amines) is 1. The molecular weight excluding hydrogens is 396 g/mol. The van der Waals surface area contributed by atoms with Crippen molar-refractivity contribution in [2.45, 2.75) is 51.3 Å². The number of H-pyrrole nitrogens is 1. The number of pyridine rings is 1. The number of nitrogens with zero attached hydrogens (tertiary/aromatic N) is 3. The van der Waals surface area contributed by atoms with Crippen LogP contribution in [0.2, 0.25) is 0 Å². The van der Waals surface area contributed by atoms with Crippen LogP contribution in [0.4, 0.5) is 0 Å². The number of aromatic nitrogens is 2. The first-order chi connectivity index (χ1) is 15.7. The van der Waals surface area contributed by atoms with Gasteiger partial charge in [-0.2, -0.15) is 0 Å². The van der Waals surface area contributed by atoms with E-state index in [1.165, 1.54) is 39.8 Å². The number of hydrogen-bond acceptors (Lipinski definition) is 4. The summed E-state index contributed by atoms with van der Waals surface area (Å²) in [6.07, 6.45) is 7.60. The van der Waals surface area contributed by atoms with E-state index in [2.05, 4.69) is 70.8 Å². The summed E-state index contributed by atoms with van der Waals surface area (Å²) >= 11 is 0. The van der Waals surface area contributed by atoms with Gasteiger partial charge in [0.15, 0.2) is 0 Å². The molecule has 5 nitrogen and oxygen atoms in total. The second-order valence-electron chi connectivity index (χ2n) is 9.35. The summed E-state index contributed by atoms with van der Waals surface area (Å²) in [7, 11) is 0. The van der Waals surface area contributed by atoms with Crippen molar-refractivity contribution >= 4 is 10.9 Å². The van der Waals surface area contributed by atoms with Crippen molar-refractivity contribution in [3.63, 3.8) is 0 Å². The van der Waals surface area contributed by atoms with Crippen LogP contribution in [0.15, 0.2) is 60.1 Å². The van der Waals surface area contributed by atoms with Gasteiger partial charge in [-0.05, 0) is 55.6 Å². The van der Waals surface area contributed by atoms with Gasteiger partial charge in [0.05, 0.1) is 11.7 Å². The van der Waals surface area contributed by atoms with E-state index in [4.69, 9.17) is 9.72 Å². The molecule has 2 atom stereocenters. The van der Waals surface area contributed by atoms with Crippen LogP contribution in [-0.4, -0.2) is 51.5 Å². The zero-order chi connectivity index (χ0) is 21.7. The Labute approximate surface area is 189 Å². The molecule has 2 aliphatic heterocycles. The maximum atomic E-state index is 6.12. The summed E-state index contributed by atoms with van der Waals surface area (Å²) in [5, 5.41) is 1.34. The minimum atomic E-state index is 0.114. The second-order valence-corrected chi connectivity index (χ2v) is 9.35. The molecule has 3 aliphatic rings. The van der Waals surface area contributed by atoms with E-state index in [9.17, 15) is 0 Å². The maximum absolute atomic E-state index is 6.12. The van der Waals surface area contributed by atoms with Crippen molar-refractivity contribution in [3.8, 4) is 5.88 Å². The molecule has 0 radical (unpaired) electrons. The molecule has 0 unspecified atom stereocenters.